The van der Waals surface area contributed by atoms with E-state index in [2.05, 4.69) is 10.5 Å². The molecule has 1 aliphatic rings. The van der Waals surface area contributed by atoms with Gasteiger partial charge < -0.3 is 0 Å². The van der Waals surface area contributed by atoms with Crippen LogP contribution >= 0.6 is 11.6 Å². The summed E-state index contributed by atoms with van der Waals surface area (Å²) in [6, 6.07) is 4.98. The van der Waals surface area contributed by atoms with Crippen molar-refractivity contribution >= 4 is 38.9 Å². The molecule has 0 aliphatic heterocycles. The van der Waals surface area contributed by atoms with Crippen LogP contribution in [0.5, 0.6) is 0 Å². The van der Waals surface area contributed by atoms with Gasteiger partial charge in [0.1, 0.15) is 6.54 Å². The van der Waals surface area contributed by atoms with Gasteiger partial charge in [0.2, 0.25) is 10.0 Å². The molecule has 1 saturated carbocycles. The van der Waals surface area contributed by atoms with Gasteiger partial charge in [-0.2, -0.15) is 5.10 Å². The lowest BCUT2D eigenvalue weighted by Gasteiger charge is -2.23. The summed E-state index contributed by atoms with van der Waals surface area (Å²) in [4.78, 5) is 12.3. The molecule has 1 aromatic rings. The summed E-state index contributed by atoms with van der Waals surface area (Å²) in [7, 11) is -3.64. The van der Waals surface area contributed by atoms with E-state index in [9.17, 15) is 13.2 Å². The number of halogens is 1. The normalized spacial score (nSPS) is 15.7. The first-order chi connectivity index (χ1) is 12.3. The van der Waals surface area contributed by atoms with Crippen molar-refractivity contribution in [2.75, 3.05) is 17.1 Å². The summed E-state index contributed by atoms with van der Waals surface area (Å²) in [5, 5.41) is 4.67. The van der Waals surface area contributed by atoms with Gasteiger partial charge in [-0.25, -0.2) is 13.8 Å². The molecule has 0 saturated heterocycles. The zero-order valence-electron chi connectivity index (χ0n) is 15.3. The average Bonchev–Trinajstić information content (AvgIpc) is 2.53. The second kappa shape index (κ2) is 9.37. The highest BCUT2D eigenvalue weighted by Crippen LogP contribution is 2.28. The van der Waals surface area contributed by atoms with Crippen LogP contribution in [0.4, 0.5) is 5.69 Å². The maximum atomic E-state index is 12.3. The summed E-state index contributed by atoms with van der Waals surface area (Å²) in [6.45, 7) is 1.39. The van der Waals surface area contributed by atoms with Crippen molar-refractivity contribution in [3.05, 3.63) is 28.8 Å². The van der Waals surface area contributed by atoms with Gasteiger partial charge in [-0.05, 0) is 50.3 Å². The van der Waals surface area contributed by atoms with E-state index in [1.165, 1.54) is 19.3 Å². The first kappa shape index (κ1) is 20.7. The molecule has 1 aliphatic carbocycles. The molecule has 26 heavy (non-hydrogen) atoms. The molecule has 8 heteroatoms. The lowest BCUT2D eigenvalue weighted by molar-refractivity contribution is -0.119. The van der Waals surface area contributed by atoms with E-state index in [1.54, 1.807) is 25.1 Å². The number of nitrogens with zero attached hydrogens (tertiary/aromatic N) is 2. The van der Waals surface area contributed by atoms with Crippen LogP contribution in [-0.4, -0.2) is 32.8 Å². The quantitative estimate of drug-likeness (QED) is 0.768. The van der Waals surface area contributed by atoms with Gasteiger partial charge in [0.15, 0.2) is 0 Å². The Kier molecular flexibility index (Phi) is 7.46. The number of amides is 1. The van der Waals surface area contributed by atoms with E-state index in [0.29, 0.717) is 16.3 Å². The summed E-state index contributed by atoms with van der Waals surface area (Å²) in [6.07, 6.45) is 8.60. The number of hydrogen-bond donors (Lipinski definition) is 1. The van der Waals surface area contributed by atoms with Crippen molar-refractivity contribution in [2.24, 2.45) is 5.10 Å². The molecular formula is C18H26ClN3O3S. The molecule has 0 heterocycles. The maximum absolute atomic E-state index is 12.3. The van der Waals surface area contributed by atoms with Crippen LogP contribution < -0.4 is 9.73 Å². The van der Waals surface area contributed by atoms with Gasteiger partial charge in [0.25, 0.3) is 5.91 Å². The van der Waals surface area contributed by atoms with Crippen LogP contribution in [0.15, 0.2) is 23.3 Å². The molecule has 0 atom stereocenters. The number of hydrogen-bond acceptors (Lipinski definition) is 4. The second-order valence-corrected chi connectivity index (χ2v) is 8.95. The van der Waals surface area contributed by atoms with Crippen LogP contribution in [0.3, 0.4) is 0 Å². The maximum Gasteiger partial charge on any atom is 0.260 e. The lowest BCUT2D eigenvalue weighted by atomic mass is 9.99. The highest BCUT2D eigenvalue weighted by atomic mass is 35.5. The Morgan fingerprint density at radius 1 is 1.19 bits per heavy atom. The predicted octanol–water partition coefficient (Wildman–Crippen LogP) is 3.63. The molecule has 0 aromatic heterocycles. The van der Waals surface area contributed by atoms with Crippen LogP contribution in [0.2, 0.25) is 5.02 Å². The fourth-order valence-corrected chi connectivity index (χ4v) is 4.06. The van der Waals surface area contributed by atoms with Crippen molar-refractivity contribution in [1.82, 2.24) is 5.43 Å². The SMILES string of the molecule is Cc1c(Cl)cccc1N(CC(=O)NN=C1CCCCCCC1)S(C)(=O)=O. The molecule has 1 amide bonds. The van der Waals surface area contributed by atoms with Gasteiger partial charge in [-0.1, -0.05) is 36.9 Å². The number of benzene rings is 1. The largest absolute Gasteiger partial charge is 0.271 e. The monoisotopic (exact) mass is 399 g/mol. The number of nitrogens with one attached hydrogen (secondary N) is 1. The van der Waals surface area contributed by atoms with Gasteiger partial charge in [-0.15, -0.1) is 0 Å². The fourth-order valence-electron chi connectivity index (χ4n) is 2.98. The zero-order chi connectivity index (χ0) is 19.2. The number of anilines is 1. The Balaban J connectivity index is 2.11. The smallest absolute Gasteiger partial charge is 0.260 e. The summed E-state index contributed by atoms with van der Waals surface area (Å²) >= 11 is 6.09. The van der Waals surface area contributed by atoms with Crippen molar-refractivity contribution in [2.45, 2.75) is 51.9 Å². The summed E-state index contributed by atoms with van der Waals surface area (Å²) < 4.78 is 25.4. The van der Waals surface area contributed by atoms with E-state index in [1.807, 2.05) is 0 Å². The molecule has 1 fully saturated rings. The van der Waals surface area contributed by atoms with E-state index in [4.69, 9.17) is 11.6 Å². The van der Waals surface area contributed by atoms with Crippen molar-refractivity contribution < 1.29 is 13.2 Å². The standard InChI is InChI=1S/C18H26ClN3O3S/c1-14-16(19)11-8-12-17(14)22(26(2,24)25)13-18(23)21-20-15-9-6-4-3-5-7-10-15/h8,11-12H,3-7,9-10,13H2,1-2H3,(H,21,23). The van der Waals surface area contributed by atoms with Crippen LogP contribution in [0.1, 0.15) is 50.5 Å². The minimum absolute atomic E-state index is 0.337. The predicted molar refractivity (Wildman–Crippen MR) is 106 cm³/mol. The van der Waals surface area contributed by atoms with Crippen LogP contribution in [-0.2, 0) is 14.8 Å². The summed E-state index contributed by atoms with van der Waals surface area (Å²) in [5.41, 5.74) is 4.50. The fraction of sp³-hybridized carbons (Fsp3) is 0.556. The average molecular weight is 400 g/mol. The topological polar surface area (TPSA) is 78.8 Å². The number of hydrazone groups is 1. The van der Waals surface area contributed by atoms with Crippen molar-refractivity contribution in [3.63, 3.8) is 0 Å². The van der Waals surface area contributed by atoms with Crippen molar-refractivity contribution in [3.8, 4) is 0 Å². The summed E-state index contributed by atoms with van der Waals surface area (Å²) in [5.74, 6) is -0.468. The zero-order valence-corrected chi connectivity index (χ0v) is 16.9. The Labute approximate surface area is 160 Å². The Hall–Kier alpha value is -1.60. The van der Waals surface area contributed by atoms with Gasteiger partial charge in [-0.3, -0.25) is 9.10 Å². The molecule has 144 valence electrons. The molecule has 1 aromatic carbocycles. The highest BCUT2D eigenvalue weighted by Gasteiger charge is 2.23. The minimum atomic E-state index is -3.64. The lowest BCUT2D eigenvalue weighted by Crippen LogP contribution is -2.39. The minimum Gasteiger partial charge on any atom is -0.271 e. The molecule has 6 nitrogen and oxygen atoms in total. The highest BCUT2D eigenvalue weighted by molar-refractivity contribution is 7.92. The molecule has 0 unspecified atom stereocenters. The number of rotatable bonds is 5. The third kappa shape index (κ3) is 5.99. The van der Waals surface area contributed by atoms with E-state index in [0.717, 1.165) is 42.0 Å². The molecule has 0 bridgehead atoms. The Morgan fingerprint density at radius 3 is 2.42 bits per heavy atom. The molecule has 1 N–H and O–H groups in total. The molecule has 0 spiro atoms. The van der Waals surface area contributed by atoms with E-state index < -0.39 is 15.9 Å². The van der Waals surface area contributed by atoms with Gasteiger partial charge in [0, 0.05) is 10.7 Å². The number of carbonyl (C=O) groups excluding carboxylic acids is 1. The Morgan fingerprint density at radius 2 is 1.81 bits per heavy atom. The first-order valence-corrected chi connectivity index (χ1v) is 11.1. The Bertz CT molecular complexity index is 768. The van der Waals surface area contributed by atoms with Crippen LogP contribution in [0.25, 0.3) is 0 Å². The molecule has 2 rings (SSSR count). The third-order valence-electron chi connectivity index (χ3n) is 4.46. The van der Waals surface area contributed by atoms with Crippen molar-refractivity contribution in [1.29, 1.82) is 0 Å². The third-order valence-corrected chi connectivity index (χ3v) is 6.00. The van der Waals surface area contributed by atoms with Gasteiger partial charge in [0.05, 0.1) is 11.9 Å². The van der Waals surface area contributed by atoms with Gasteiger partial charge >= 0.3 is 0 Å². The number of sulfonamides is 1. The molecular weight excluding hydrogens is 374 g/mol. The number of carbonyl (C=O) groups is 1. The van der Waals surface area contributed by atoms with E-state index in [-0.39, 0.29) is 6.54 Å². The molecule has 0 radical (unpaired) electrons. The second-order valence-electron chi connectivity index (χ2n) is 6.63. The van der Waals surface area contributed by atoms with Crippen LogP contribution in [0, 0.1) is 6.92 Å². The van der Waals surface area contributed by atoms with E-state index >= 15 is 0 Å². The first-order valence-electron chi connectivity index (χ1n) is 8.86.